The first kappa shape index (κ1) is 14.2. The second-order valence-corrected chi connectivity index (χ2v) is 6.06. The largest absolute Gasteiger partial charge is 0.444 e. The summed E-state index contributed by atoms with van der Waals surface area (Å²) in [6, 6.07) is 10.0. The average Bonchev–Trinajstić information content (AvgIpc) is 3.28. The molecule has 0 bridgehead atoms. The Bertz CT molecular complexity index is 735. The second-order valence-electron chi connectivity index (χ2n) is 6.06. The molecule has 1 fully saturated rings. The lowest BCUT2D eigenvalue weighted by Gasteiger charge is -2.31. The molecule has 5 nitrogen and oxygen atoms in total. The standard InChI is InChI=1S/C18H20N4O/c1-2-5-14(6-3-1)18-21-16(13-23-18)12-22-10-4-7-15(11-22)17-19-8-9-20-17/h1-3,5-6,8-9,13,15H,4,7,10-12H2,(H,19,20)/t15-/m1/s1. The van der Waals surface area contributed by atoms with E-state index >= 15 is 0 Å². The predicted molar refractivity (Wildman–Crippen MR) is 87.8 cm³/mol. The van der Waals surface area contributed by atoms with E-state index in [1.807, 2.05) is 42.7 Å². The fourth-order valence-corrected chi connectivity index (χ4v) is 3.25. The first-order valence-electron chi connectivity index (χ1n) is 8.10. The zero-order chi connectivity index (χ0) is 15.5. The van der Waals surface area contributed by atoms with Crippen molar-refractivity contribution < 1.29 is 4.42 Å². The Hall–Kier alpha value is -2.40. The van der Waals surface area contributed by atoms with Gasteiger partial charge in [-0.05, 0) is 31.5 Å². The first-order chi connectivity index (χ1) is 11.4. The van der Waals surface area contributed by atoms with Crippen molar-refractivity contribution in [2.75, 3.05) is 13.1 Å². The van der Waals surface area contributed by atoms with Crippen molar-refractivity contribution in [3.63, 3.8) is 0 Å². The Morgan fingerprint density at radius 3 is 3.00 bits per heavy atom. The molecule has 0 saturated carbocycles. The number of oxazole rings is 1. The molecule has 1 aliphatic heterocycles. The lowest BCUT2D eigenvalue weighted by Crippen LogP contribution is -2.34. The van der Waals surface area contributed by atoms with Crippen molar-refractivity contribution in [2.24, 2.45) is 0 Å². The maximum absolute atomic E-state index is 5.64. The summed E-state index contributed by atoms with van der Waals surface area (Å²) >= 11 is 0. The molecule has 0 amide bonds. The van der Waals surface area contributed by atoms with E-state index in [0.717, 1.165) is 36.7 Å². The van der Waals surface area contributed by atoms with Crippen LogP contribution < -0.4 is 0 Å². The maximum atomic E-state index is 5.64. The lowest BCUT2D eigenvalue weighted by atomic mass is 9.97. The molecule has 1 saturated heterocycles. The van der Waals surface area contributed by atoms with Gasteiger partial charge in [-0.1, -0.05) is 18.2 Å². The SMILES string of the molecule is c1ccc(-c2nc(CN3CCC[C@@H](c4ncc[nH]4)C3)co2)cc1. The van der Waals surface area contributed by atoms with Gasteiger partial charge < -0.3 is 9.40 Å². The number of benzene rings is 1. The van der Waals surface area contributed by atoms with Gasteiger partial charge in [0.1, 0.15) is 12.1 Å². The van der Waals surface area contributed by atoms with Crippen LogP contribution in [-0.4, -0.2) is 32.9 Å². The summed E-state index contributed by atoms with van der Waals surface area (Å²) in [6.07, 6.45) is 7.89. The van der Waals surface area contributed by atoms with Crippen molar-refractivity contribution in [1.82, 2.24) is 19.9 Å². The van der Waals surface area contributed by atoms with E-state index in [4.69, 9.17) is 4.42 Å². The second kappa shape index (κ2) is 6.38. The van der Waals surface area contributed by atoms with Crippen molar-refractivity contribution in [3.8, 4) is 11.5 Å². The van der Waals surface area contributed by atoms with E-state index in [2.05, 4.69) is 19.9 Å². The summed E-state index contributed by atoms with van der Waals surface area (Å²) in [6.45, 7) is 2.94. The van der Waals surface area contributed by atoms with E-state index in [9.17, 15) is 0 Å². The number of hydrogen-bond acceptors (Lipinski definition) is 4. The number of imidazole rings is 1. The molecule has 1 atom stereocenters. The Labute approximate surface area is 135 Å². The highest BCUT2D eigenvalue weighted by Gasteiger charge is 2.23. The van der Waals surface area contributed by atoms with Crippen LogP contribution >= 0.6 is 0 Å². The number of piperidine rings is 1. The van der Waals surface area contributed by atoms with E-state index < -0.39 is 0 Å². The van der Waals surface area contributed by atoms with Gasteiger partial charge in [-0.25, -0.2) is 9.97 Å². The summed E-state index contributed by atoms with van der Waals surface area (Å²) in [5.74, 6) is 2.28. The van der Waals surface area contributed by atoms with Gasteiger partial charge >= 0.3 is 0 Å². The van der Waals surface area contributed by atoms with Gasteiger partial charge in [-0.3, -0.25) is 4.90 Å². The minimum Gasteiger partial charge on any atom is -0.444 e. The Balaban J connectivity index is 1.43. The molecule has 2 aromatic heterocycles. The van der Waals surface area contributed by atoms with Crippen LogP contribution in [0.1, 0.15) is 30.3 Å². The van der Waals surface area contributed by atoms with Gasteiger partial charge in [0.2, 0.25) is 5.89 Å². The third-order valence-electron chi connectivity index (χ3n) is 4.37. The van der Waals surface area contributed by atoms with E-state index in [1.54, 1.807) is 6.26 Å². The number of hydrogen-bond donors (Lipinski definition) is 1. The van der Waals surface area contributed by atoms with Crippen LogP contribution in [0, 0.1) is 0 Å². The fourth-order valence-electron chi connectivity index (χ4n) is 3.25. The third kappa shape index (κ3) is 3.19. The first-order valence-corrected chi connectivity index (χ1v) is 8.10. The third-order valence-corrected chi connectivity index (χ3v) is 4.37. The normalized spacial score (nSPS) is 19.0. The smallest absolute Gasteiger partial charge is 0.226 e. The fraction of sp³-hybridized carbons (Fsp3) is 0.333. The number of aromatic amines is 1. The summed E-state index contributed by atoms with van der Waals surface area (Å²) in [7, 11) is 0. The molecule has 4 rings (SSSR count). The Morgan fingerprint density at radius 2 is 2.17 bits per heavy atom. The highest BCUT2D eigenvalue weighted by molar-refractivity contribution is 5.52. The van der Waals surface area contributed by atoms with E-state index in [0.29, 0.717) is 11.8 Å². The quantitative estimate of drug-likeness (QED) is 0.802. The van der Waals surface area contributed by atoms with Gasteiger partial charge in [0, 0.05) is 37.0 Å². The van der Waals surface area contributed by atoms with Crippen LogP contribution in [-0.2, 0) is 6.54 Å². The summed E-state index contributed by atoms with van der Waals surface area (Å²) in [4.78, 5) is 14.7. The molecule has 3 heterocycles. The molecule has 5 heteroatoms. The number of rotatable bonds is 4. The topological polar surface area (TPSA) is 58.0 Å². The molecule has 118 valence electrons. The average molecular weight is 308 g/mol. The van der Waals surface area contributed by atoms with E-state index in [1.165, 1.54) is 12.8 Å². The van der Waals surface area contributed by atoms with E-state index in [-0.39, 0.29) is 0 Å². The van der Waals surface area contributed by atoms with Crippen molar-refractivity contribution in [3.05, 3.63) is 60.5 Å². The highest BCUT2D eigenvalue weighted by atomic mass is 16.3. The Kier molecular flexibility index (Phi) is 3.94. The number of nitrogens with zero attached hydrogens (tertiary/aromatic N) is 3. The summed E-state index contributed by atoms with van der Waals surface area (Å²) in [5.41, 5.74) is 2.01. The minimum atomic E-state index is 0.485. The van der Waals surface area contributed by atoms with Crippen molar-refractivity contribution in [2.45, 2.75) is 25.3 Å². The molecule has 3 aromatic rings. The zero-order valence-electron chi connectivity index (χ0n) is 13.0. The van der Waals surface area contributed by atoms with Crippen LogP contribution in [0.25, 0.3) is 11.5 Å². The molecule has 1 N–H and O–H groups in total. The number of aromatic nitrogens is 3. The van der Waals surface area contributed by atoms with Gasteiger partial charge in [-0.15, -0.1) is 0 Å². The monoisotopic (exact) mass is 308 g/mol. The summed E-state index contributed by atoms with van der Waals surface area (Å²) in [5, 5.41) is 0. The Morgan fingerprint density at radius 1 is 1.26 bits per heavy atom. The van der Waals surface area contributed by atoms with Gasteiger partial charge in [0.05, 0.1) is 5.69 Å². The van der Waals surface area contributed by atoms with Crippen molar-refractivity contribution in [1.29, 1.82) is 0 Å². The molecule has 0 unspecified atom stereocenters. The predicted octanol–water partition coefficient (Wildman–Crippen LogP) is 3.44. The molecule has 23 heavy (non-hydrogen) atoms. The van der Waals surface area contributed by atoms with Gasteiger partial charge in [0.25, 0.3) is 0 Å². The zero-order valence-corrected chi connectivity index (χ0v) is 13.0. The number of likely N-dealkylation sites (tertiary alicyclic amines) is 1. The molecule has 0 radical (unpaired) electrons. The highest BCUT2D eigenvalue weighted by Crippen LogP contribution is 2.26. The van der Waals surface area contributed by atoms with Gasteiger partial charge in [-0.2, -0.15) is 0 Å². The molecular weight excluding hydrogens is 288 g/mol. The van der Waals surface area contributed by atoms with Crippen LogP contribution in [0.3, 0.4) is 0 Å². The maximum Gasteiger partial charge on any atom is 0.226 e. The molecule has 1 aliphatic rings. The number of nitrogens with one attached hydrogen (secondary N) is 1. The summed E-state index contributed by atoms with van der Waals surface area (Å²) < 4.78 is 5.64. The molecular formula is C18H20N4O. The van der Waals surface area contributed by atoms with Crippen LogP contribution in [0.2, 0.25) is 0 Å². The van der Waals surface area contributed by atoms with Crippen LogP contribution in [0.5, 0.6) is 0 Å². The number of H-pyrrole nitrogens is 1. The van der Waals surface area contributed by atoms with Crippen molar-refractivity contribution >= 4 is 0 Å². The molecule has 0 spiro atoms. The molecule has 1 aromatic carbocycles. The molecule has 0 aliphatic carbocycles. The van der Waals surface area contributed by atoms with Crippen LogP contribution in [0.4, 0.5) is 0 Å². The minimum absolute atomic E-state index is 0.485. The lowest BCUT2D eigenvalue weighted by molar-refractivity contribution is 0.195. The van der Waals surface area contributed by atoms with Gasteiger partial charge in [0.15, 0.2) is 0 Å². The van der Waals surface area contributed by atoms with Crippen LogP contribution in [0.15, 0.2) is 53.4 Å².